The van der Waals surface area contributed by atoms with Gasteiger partial charge < -0.3 is 5.32 Å². The molecule has 1 N–H and O–H groups in total. The SMILES string of the molecule is CCCCNC(=O)c1ccc2c(c1)C(=O)N(C(C)c1ccccc1)C2=O. The Morgan fingerprint density at radius 3 is 2.42 bits per heavy atom. The lowest BCUT2D eigenvalue weighted by atomic mass is 10.1. The fourth-order valence-electron chi connectivity index (χ4n) is 3.11. The maximum absolute atomic E-state index is 12.8. The largest absolute Gasteiger partial charge is 0.352 e. The van der Waals surface area contributed by atoms with Crippen LogP contribution in [0.5, 0.6) is 0 Å². The highest BCUT2D eigenvalue weighted by atomic mass is 16.2. The van der Waals surface area contributed by atoms with E-state index >= 15 is 0 Å². The normalized spacial score (nSPS) is 14.3. The topological polar surface area (TPSA) is 66.5 Å². The van der Waals surface area contributed by atoms with Gasteiger partial charge in [-0.3, -0.25) is 19.3 Å². The Morgan fingerprint density at radius 2 is 1.73 bits per heavy atom. The zero-order valence-corrected chi connectivity index (χ0v) is 15.0. The molecule has 1 unspecified atom stereocenters. The molecule has 0 spiro atoms. The maximum Gasteiger partial charge on any atom is 0.262 e. The quantitative estimate of drug-likeness (QED) is 0.640. The van der Waals surface area contributed by atoms with Gasteiger partial charge in [0.2, 0.25) is 0 Å². The summed E-state index contributed by atoms with van der Waals surface area (Å²) in [4.78, 5) is 39.0. The van der Waals surface area contributed by atoms with Crippen molar-refractivity contribution < 1.29 is 14.4 Å². The van der Waals surface area contributed by atoms with Gasteiger partial charge >= 0.3 is 0 Å². The summed E-state index contributed by atoms with van der Waals surface area (Å²) >= 11 is 0. The van der Waals surface area contributed by atoms with Gasteiger partial charge in [-0.1, -0.05) is 43.7 Å². The first kappa shape index (κ1) is 17.9. The first-order valence-corrected chi connectivity index (χ1v) is 8.89. The number of nitrogens with one attached hydrogen (secondary N) is 1. The number of rotatable bonds is 6. The summed E-state index contributed by atoms with van der Waals surface area (Å²) in [6, 6.07) is 13.7. The summed E-state index contributed by atoms with van der Waals surface area (Å²) in [5.41, 5.74) is 1.93. The molecule has 5 nitrogen and oxygen atoms in total. The average molecular weight is 350 g/mol. The molecule has 2 aromatic rings. The van der Waals surface area contributed by atoms with Crippen LogP contribution in [0.15, 0.2) is 48.5 Å². The van der Waals surface area contributed by atoms with Crippen molar-refractivity contribution in [3.63, 3.8) is 0 Å². The van der Waals surface area contributed by atoms with Crippen LogP contribution in [-0.4, -0.2) is 29.2 Å². The summed E-state index contributed by atoms with van der Waals surface area (Å²) in [6.07, 6.45) is 1.89. The van der Waals surface area contributed by atoms with Crippen LogP contribution in [0.3, 0.4) is 0 Å². The number of nitrogens with zero attached hydrogens (tertiary/aromatic N) is 1. The van der Waals surface area contributed by atoms with E-state index in [2.05, 4.69) is 5.32 Å². The van der Waals surface area contributed by atoms with Crippen LogP contribution in [-0.2, 0) is 0 Å². The molecule has 0 fully saturated rings. The van der Waals surface area contributed by atoms with Crippen molar-refractivity contribution in [2.75, 3.05) is 6.54 Å². The zero-order valence-electron chi connectivity index (χ0n) is 15.0. The van der Waals surface area contributed by atoms with Gasteiger partial charge in [0.25, 0.3) is 17.7 Å². The minimum absolute atomic E-state index is 0.226. The van der Waals surface area contributed by atoms with E-state index in [9.17, 15) is 14.4 Å². The third-order valence-corrected chi connectivity index (χ3v) is 4.67. The standard InChI is InChI=1S/C21H22N2O3/c1-3-4-12-22-19(24)16-10-11-17-18(13-16)21(26)23(20(17)25)14(2)15-8-6-5-7-9-15/h5-11,13-14H,3-4,12H2,1-2H3,(H,22,24). The molecule has 0 aliphatic carbocycles. The predicted octanol–water partition coefficient (Wildman–Crippen LogP) is 3.57. The van der Waals surface area contributed by atoms with E-state index in [0.717, 1.165) is 18.4 Å². The summed E-state index contributed by atoms with van der Waals surface area (Å²) < 4.78 is 0. The van der Waals surface area contributed by atoms with Gasteiger partial charge in [0.1, 0.15) is 0 Å². The summed E-state index contributed by atoms with van der Waals surface area (Å²) in [7, 11) is 0. The predicted molar refractivity (Wildman–Crippen MR) is 99.0 cm³/mol. The Kier molecular flexibility index (Phi) is 5.16. The highest BCUT2D eigenvalue weighted by Crippen LogP contribution is 2.31. The van der Waals surface area contributed by atoms with E-state index in [1.54, 1.807) is 12.1 Å². The van der Waals surface area contributed by atoms with Crippen LogP contribution >= 0.6 is 0 Å². The van der Waals surface area contributed by atoms with Crippen LogP contribution in [0, 0.1) is 0 Å². The smallest absolute Gasteiger partial charge is 0.262 e. The van der Waals surface area contributed by atoms with Crippen LogP contribution in [0.4, 0.5) is 0 Å². The second kappa shape index (κ2) is 7.52. The molecule has 1 atom stereocenters. The maximum atomic E-state index is 12.8. The van der Waals surface area contributed by atoms with Crippen molar-refractivity contribution in [2.45, 2.75) is 32.7 Å². The molecule has 2 aromatic carbocycles. The monoisotopic (exact) mass is 350 g/mol. The van der Waals surface area contributed by atoms with Crippen molar-refractivity contribution in [3.05, 3.63) is 70.8 Å². The number of hydrogen-bond donors (Lipinski definition) is 1. The Hall–Kier alpha value is -2.95. The lowest BCUT2D eigenvalue weighted by Crippen LogP contribution is -2.32. The Bertz CT molecular complexity index is 846. The van der Waals surface area contributed by atoms with E-state index in [0.29, 0.717) is 23.2 Å². The number of unbranched alkanes of at least 4 members (excludes halogenated alkanes) is 1. The minimum Gasteiger partial charge on any atom is -0.352 e. The number of carbonyl (C=O) groups excluding carboxylic acids is 3. The number of carbonyl (C=O) groups is 3. The molecule has 1 heterocycles. The average Bonchev–Trinajstić information content (AvgIpc) is 2.92. The molecule has 26 heavy (non-hydrogen) atoms. The summed E-state index contributed by atoms with van der Waals surface area (Å²) in [5, 5.41) is 2.83. The molecule has 0 aromatic heterocycles. The number of amides is 3. The van der Waals surface area contributed by atoms with Gasteiger partial charge in [-0.15, -0.1) is 0 Å². The van der Waals surface area contributed by atoms with Crippen molar-refractivity contribution >= 4 is 17.7 Å². The highest BCUT2D eigenvalue weighted by Gasteiger charge is 2.39. The number of benzene rings is 2. The lowest BCUT2D eigenvalue weighted by molar-refractivity contribution is 0.0595. The molecule has 0 bridgehead atoms. The van der Waals surface area contributed by atoms with Crippen molar-refractivity contribution in [3.8, 4) is 0 Å². The molecule has 1 aliphatic rings. The molecule has 1 aliphatic heterocycles. The second-order valence-electron chi connectivity index (χ2n) is 6.44. The van der Waals surface area contributed by atoms with Crippen molar-refractivity contribution in [1.29, 1.82) is 0 Å². The fraction of sp³-hybridized carbons (Fsp3) is 0.286. The first-order valence-electron chi connectivity index (χ1n) is 8.89. The molecule has 0 saturated carbocycles. The Balaban J connectivity index is 1.85. The van der Waals surface area contributed by atoms with E-state index in [1.165, 1.54) is 11.0 Å². The molecule has 3 amide bonds. The van der Waals surface area contributed by atoms with Gasteiger partial charge in [-0.2, -0.15) is 0 Å². The Morgan fingerprint density at radius 1 is 1.04 bits per heavy atom. The van der Waals surface area contributed by atoms with E-state index in [1.807, 2.05) is 44.2 Å². The highest BCUT2D eigenvalue weighted by molar-refractivity contribution is 6.22. The van der Waals surface area contributed by atoms with Crippen molar-refractivity contribution in [2.24, 2.45) is 0 Å². The second-order valence-corrected chi connectivity index (χ2v) is 6.44. The third-order valence-electron chi connectivity index (χ3n) is 4.67. The lowest BCUT2D eigenvalue weighted by Gasteiger charge is -2.22. The third kappa shape index (κ3) is 3.25. The van der Waals surface area contributed by atoms with Crippen molar-refractivity contribution in [1.82, 2.24) is 10.2 Å². The summed E-state index contributed by atoms with van der Waals surface area (Å²) in [6.45, 7) is 4.47. The first-order chi connectivity index (χ1) is 12.5. The van der Waals surface area contributed by atoms with Gasteiger partial charge in [0.15, 0.2) is 0 Å². The number of hydrogen-bond acceptors (Lipinski definition) is 3. The van der Waals surface area contributed by atoms with Crippen LogP contribution in [0.2, 0.25) is 0 Å². The van der Waals surface area contributed by atoms with Gasteiger partial charge in [0.05, 0.1) is 17.2 Å². The molecular weight excluding hydrogens is 328 g/mol. The van der Waals surface area contributed by atoms with Gasteiger partial charge in [-0.05, 0) is 37.1 Å². The van der Waals surface area contributed by atoms with E-state index in [4.69, 9.17) is 0 Å². The van der Waals surface area contributed by atoms with Crippen LogP contribution in [0.1, 0.15) is 69.4 Å². The molecule has 5 heteroatoms. The molecule has 3 rings (SSSR count). The molecule has 0 radical (unpaired) electrons. The summed E-state index contributed by atoms with van der Waals surface area (Å²) in [5.74, 6) is -0.903. The number of fused-ring (bicyclic) bond motifs is 1. The van der Waals surface area contributed by atoms with Crippen LogP contribution < -0.4 is 5.32 Å². The number of imide groups is 1. The Labute approximate surface area is 153 Å². The van der Waals surface area contributed by atoms with E-state index in [-0.39, 0.29) is 23.8 Å². The molecule has 0 saturated heterocycles. The molecule has 134 valence electrons. The van der Waals surface area contributed by atoms with Gasteiger partial charge in [-0.25, -0.2) is 0 Å². The minimum atomic E-state index is -0.370. The van der Waals surface area contributed by atoms with E-state index < -0.39 is 0 Å². The van der Waals surface area contributed by atoms with Gasteiger partial charge in [0, 0.05) is 12.1 Å². The fourth-order valence-corrected chi connectivity index (χ4v) is 3.11. The zero-order chi connectivity index (χ0) is 18.7. The van der Waals surface area contributed by atoms with Crippen LogP contribution in [0.25, 0.3) is 0 Å². The molecular formula is C21H22N2O3.